The third-order valence-electron chi connectivity index (χ3n) is 3.76. The summed E-state index contributed by atoms with van der Waals surface area (Å²) in [6, 6.07) is 12.9. The van der Waals surface area contributed by atoms with E-state index >= 15 is 0 Å². The first-order valence-electron chi connectivity index (χ1n) is 6.67. The third-order valence-corrected chi connectivity index (χ3v) is 4.82. The lowest BCUT2D eigenvalue weighted by Gasteiger charge is -2.14. The van der Waals surface area contributed by atoms with Gasteiger partial charge in [-0.15, -0.1) is 0 Å². The van der Waals surface area contributed by atoms with E-state index < -0.39 is 0 Å². The molecule has 104 valence electrons. The Morgan fingerprint density at radius 3 is 2.55 bits per heavy atom. The Morgan fingerprint density at radius 1 is 1.05 bits per heavy atom. The molecule has 0 fully saturated rings. The molecule has 2 aromatic rings. The molecule has 3 rings (SSSR count). The number of hydrogen-bond donors (Lipinski definition) is 0. The van der Waals surface area contributed by atoms with Crippen LogP contribution in [0, 0.1) is 6.92 Å². The van der Waals surface area contributed by atoms with Crippen molar-refractivity contribution in [3.63, 3.8) is 0 Å². The summed E-state index contributed by atoms with van der Waals surface area (Å²) < 4.78 is 10.9. The number of aryl methyl sites for hydroxylation is 1. The number of alkyl halides is 1. The van der Waals surface area contributed by atoms with Gasteiger partial charge in [-0.3, -0.25) is 0 Å². The van der Waals surface area contributed by atoms with Crippen molar-refractivity contribution >= 4 is 15.9 Å². The van der Waals surface area contributed by atoms with Crippen molar-refractivity contribution in [3.8, 4) is 5.75 Å². The second-order valence-corrected chi connectivity index (χ2v) is 6.03. The van der Waals surface area contributed by atoms with Crippen molar-refractivity contribution in [2.24, 2.45) is 0 Å². The average molecular weight is 333 g/mol. The number of fused-ring (bicyclic) bond motifs is 1. The van der Waals surface area contributed by atoms with Crippen LogP contribution in [0.2, 0.25) is 0 Å². The van der Waals surface area contributed by atoms with Crippen LogP contribution in [-0.2, 0) is 18.0 Å². The summed E-state index contributed by atoms with van der Waals surface area (Å²) in [5.74, 6) is 0.927. The first-order valence-corrected chi connectivity index (χ1v) is 7.58. The van der Waals surface area contributed by atoms with E-state index in [0.29, 0.717) is 0 Å². The Morgan fingerprint density at radius 2 is 1.75 bits per heavy atom. The maximum absolute atomic E-state index is 5.47. The largest absolute Gasteiger partial charge is 0.496 e. The number of rotatable bonds is 3. The van der Waals surface area contributed by atoms with Crippen LogP contribution >= 0.6 is 15.9 Å². The van der Waals surface area contributed by atoms with Gasteiger partial charge in [0.25, 0.3) is 0 Å². The highest BCUT2D eigenvalue weighted by Gasteiger charge is 2.16. The van der Waals surface area contributed by atoms with Gasteiger partial charge in [0, 0.05) is 0 Å². The van der Waals surface area contributed by atoms with Crippen molar-refractivity contribution in [3.05, 3.63) is 64.2 Å². The van der Waals surface area contributed by atoms with E-state index in [9.17, 15) is 0 Å². The molecular formula is C17H17BrO2. The van der Waals surface area contributed by atoms with Gasteiger partial charge in [0.2, 0.25) is 0 Å². The van der Waals surface area contributed by atoms with Gasteiger partial charge >= 0.3 is 0 Å². The Balaban J connectivity index is 1.94. The van der Waals surface area contributed by atoms with E-state index in [1.54, 1.807) is 7.11 Å². The summed E-state index contributed by atoms with van der Waals surface area (Å²) in [4.78, 5) is 0.169. The normalized spacial score (nSPS) is 14.9. The summed E-state index contributed by atoms with van der Waals surface area (Å²) >= 11 is 3.79. The van der Waals surface area contributed by atoms with Gasteiger partial charge in [-0.05, 0) is 40.8 Å². The van der Waals surface area contributed by atoms with Crippen LogP contribution in [0.1, 0.15) is 32.6 Å². The highest BCUT2D eigenvalue weighted by Crippen LogP contribution is 2.35. The van der Waals surface area contributed by atoms with E-state index in [0.717, 1.165) is 24.5 Å². The van der Waals surface area contributed by atoms with Crippen LogP contribution in [0.25, 0.3) is 0 Å². The number of ether oxygens (including phenoxy) is 2. The molecule has 1 aliphatic rings. The zero-order valence-corrected chi connectivity index (χ0v) is 13.2. The van der Waals surface area contributed by atoms with Crippen molar-refractivity contribution in [2.75, 3.05) is 7.11 Å². The Bertz CT molecular complexity index is 626. The van der Waals surface area contributed by atoms with Crippen LogP contribution < -0.4 is 4.74 Å². The van der Waals surface area contributed by atoms with Crippen LogP contribution in [0.3, 0.4) is 0 Å². The molecule has 0 radical (unpaired) electrons. The van der Waals surface area contributed by atoms with Crippen molar-refractivity contribution in [1.82, 2.24) is 0 Å². The van der Waals surface area contributed by atoms with Gasteiger partial charge < -0.3 is 9.47 Å². The molecule has 20 heavy (non-hydrogen) atoms. The zero-order chi connectivity index (χ0) is 14.1. The first kappa shape index (κ1) is 13.7. The number of halogens is 1. The summed E-state index contributed by atoms with van der Waals surface area (Å²) in [6.45, 7) is 3.51. The summed E-state index contributed by atoms with van der Waals surface area (Å²) in [6.07, 6.45) is 0. The first-order chi connectivity index (χ1) is 9.69. The van der Waals surface area contributed by atoms with Gasteiger partial charge in [0.1, 0.15) is 5.75 Å². The van der Waals surface area contributed by atoms with E-state index in [-0.39, 0.29) is 4.83 Å². The smallest absolute Gasteiger partial charge is 0.122 e. The SMILES string of the molecule is COc1cc(C(Br)c2ccc3c(c2)COC3)ccc1C. The van der Waals surface area contributed by atoms with Gasteiger partial charge in [-0.25, -0.2) is 0 Å². The fourth-order valence-corrected chi connectivity index (χ4v) is 3.11. The standard InChI is InChI=1S/C17H17BrO2/c1-11-3-4-13(8-16(11)19-2)17(18)12-5-6-14-9-20-10-15(14)7-12/h3-8,17H,9-10H2,1-2H3. The fraction of sp³-hybridized carbons (Fsp3) is 0.294. The van der Waals surface area contributed by atoms with Gasteiger partial charge in [0.15, 0.2) is 0 Å². The van der Waals surface area contributed by atoms with E-state index in [4.69, 9.17) is 9.47 Å². The average Bonchev–Trinajstić information content (AvgIpc) is 2.94. The lowest BCUT2D eigenvalue weighted by atomic mass is 9.99. The molecule has 3 heteroatoms. The maximum Gasteiger partial charge on any atom is 0.122 e. The third kappa shape index (κ3) is 2.48. The molecule has 2 aromatic carbocycles. The Hall–Kier alpha value is -1.32. The molecule has 0 spiro atoms. The van der Waals surface area contributed by atoms with Crippen molar-refractivity contribution in [2.45, 2.75) is 25.0 Å². The van der Waals surface area contributed by atoms with Crippen LogP contribution in [-0.4, -0.2) is 7.11 Å². The minimum atomic E-state index is 0.169. The molecule has 0 bridgehead atoms. The van der Waals surface area contributed by atoms with Crippen LogP contribution in [0.15, 0.2) is 36.4 Å². The Labute approximate surface area is 127 Å². The number of methoxy groups -OCH3 is 1. The molecule has 0 aromatic heterocycles. The number of benzene rings is 2. The highest BCUT2D eigenvalue weighted by molar-refractivity contribution is 9.09. The molecule has 0 N–H and O–H groups in total. The predicted molar refractivity (Wildman–Crippen MR) is 83.4 cm³/mol. The van der Waals surface area contributed by atoms with E-state index in [1.165, 1.54) is 22.3 Å². The second-order valence-electron chi connectivity index (χ2n) is 5.11. The van der Waals surface area contributed by atoms with E-state index in [2.05, 4.69) is 59.3 Å². The van der Waals surface area contributed by atoms with Crippen molar-refractivity contribution in [1.29, 1.82) is 0 Å². The van der Waals surface area contributed by atoms with Crippen molar-refractivity contribution < 1.29 is 9.47 Å². The van der Waals surface area contributed by atoms with Crippen LogP contribution in [0.5, 0.6) is 5.75 Å². The minimum Gasteiger partial charge on any atom is -0.496 e. The molecule has 0 saturated heterocycles. The van der Waals surface area contributed by atoms with Gasteiger partial charge in [0.05, 0.1) is 25.2 Å². The number of hydrogen-bond acceptors (Lipinski definition) is 2. The molecule has 2 nitrogen and oxygen atoms in total. The highest BCUT2D eigenvalue weighted by atomic mass is 79.9. The zero-order valence-electron chi connectivity index (χ0n) is 11.7. The predicted octanol–water partition coefficient (Wildman–Crippen LogP) is 4.52. The molecule has 1 aliphatic heterocycles. The molecule has 1 heterocycles. The molecule has 1 atom stereocenters. The lowest BCUT2D eigenvalue weighted by molar-refractivity contribution is 0.134. The summed E-state index contributed by atoms with van der Waals surface area (Å²) in [7, 11) is 1.71. The molecular weight excluding hydrogens is 316 g/mol. The summed E-state index contributed by atoms with van der Waals surface area (Å²) in [5.41, 5.74) is 6.20. The topological polar surface area (TPSA) is 18.5 Å². The molecule has 0 saturated carbocycles. The van der Waals surface area contributed by atoms with Crippen LogP contribution in [0.4, 0.5) is 0 Å². The second kappa shape index (κ2) is 5.58. The fourth-order valence-electron chi connectivity index (χ4n) is 2.54. The molecule has 0 aliphatic carbocycles. The van der Waals surface area contributed by atoms with Gasteiger partial charge in [-0.2, -0.15) is 0 Å². The Kier molecular flexibility index (Phi) is 3.81. The quantitative estimate of drug-likeness (QED) is 0.769. The lowest BCUT2D eigenvalue weighted by Crippen LogP contribution is -1.96. The maximum atomic E-state index is 5.47. The minimum absolute atomic E-state index is 0.169. The molecule has 1 unspecified atom stereocenters. The molecule has 0 amide bonds. The summed E-state index contributed by atoms with van der Waals surface area (Å²) in [5, 5.41) is 0. The monoisotopic (exact) mass is 332 g/mol. The van der Waals surface area contributed by atoms with E-state index in [1.807, 2.05) is 0 Å². The van der Waals surface area contributed by atoms with Gasteiger partial charge in [-0.1, -0.05) is 46.3 Å².